The molecule has 0 spiro atoms. The molecule has 1 aliphatic rings. The monoisotopic (exact) mass is 401 g/mol. The van der Waals surface area contributed by atoms with Crippen LogP contribution < -0.4 is 10.6 Å². The Kier molecular flexibility index (Phi) is 8.57. The maximum atomic E-state index is 13.1. The molecule has 0 saturated heterocycles. The minimum absolute atomic E-state index is 0.276. The van der Waals surface area contributed by atoms with Gasteiger partial charge >= 0.3 is 6.18 Å². The van der Waals surface area contributed by atoms with E-state index < -0.39 is 11.7 Å². The van der Waals surface area contributed by atoms with Crippen LogP contribution in [0.25, 0.3) is 0 Å². The standard InChI is InChI=1S/C20H30F3N3O2/c1-24-18(25-10-5-11-28-13-12-27-2)26-15-19(8-4-9-19)16-6-3-7-17(14-16)20(21,22)23/h3,6-7,14H,4-5,8-13,15H2,1-2H3,(H2,24,25,26). The second kappa shape index (κ2) is 10.7. The second-order valence-electron chi connectivity index (χ2n) is 7.02. The van der Waals surface area contributed by atoms with Gasteiger partial charge in [0.05, 0.1) is 18.8 Å². The molecule has 0 unspecified atom stereocenters. The molecule has 0 heterocycles. The number of rotatable bonds is 10. The van der Waals surface area contributed by atoms with Crippen LogP contribution in [-0.2, 0) is 21.1 Å². The fourth-order valence-electron chi connectivity index (χ4n) is 3.30. The van der Waals surface area contributed by atoms with E-state index in [1.807, 2.05) is 0 Å². The molecular formula is C20H30F3N3O2. The Balaban J connectivity index is 1.85. The number of benzene rings is 1. The molecule has 8 heteroatoms. The van der Waals surface area contributed by atoms with Crippen LogP contribution in [0, 0.1) is 0 Å². The maximum absolute atomic E-state index is 13.1. The lowest BCUT2D eigenvalue weighted by atomic mass is 9.64. The minimum atomic E-state index is -4.32. The van der Waals surface area contributed by atoms with Gasteiger partial charge in [0.1, 0.15) is 0 Å². The van der Waals surface area contributed by atoms with Crippen molar-refractivity contribution >= 4 is 5.96 Å². The third-order valence-corrected chi connectivity index (χ3v) is 5.12. The fraction of sp³-hybridized carbons (Fsp3) is 0.650. The molecule has 1 aliphatic carbocycles. The summed E-state index contributed by atoms with van der Waals surface area (Å²) in [5, 5.41) is 6.49. The number of alkyl halides is 3. The molecule has 2 rings (SSSR count). The van der Waals surface area contributed by atoms with Crippen LogP contribution in [0.3, 0.4) is 0 Å². The van der Waals surface area contributed by atoms with Gasteiger partial charge in [-0.2, -0.15) is 13.2 Å². The molecule has 0 radical (unpaired) electrons. The molecule has 0 aliphatic heterocycles. The average molecular weight is 401 g/mol. The van der Waals surface area contributed by atoms with Gasteiger partial charge in [-0.1, -0.05) is 24.6 Å². The number of halogens is 3. The predicted octanol–water partition coefficient (Wildman–Crippen LogP) is 3.35. The fourth-order valence-corrected chi connectivity index (χ4v) is 3.30. The van der Waals surface area contributed by atoms with Gasteiger partial charge in [0.15, 0.2) is 5.96 Å². The summed E-state index contributed by atoms with van der Waals surface area (Å²) in [4.78, 5) is 4.20. The molecular weight excluding hydrogens is 371 g/mol. The molecule has 1 saturated carbocycles. The van der Waals surface area contributed by atoms with Crippen molar-refractivity contribution in [2.24, 2.45) is 4.99 Å². The smallest absolute Gasteiger partial charge is 0.382 e. The summed E-state index contributed by atoms with van der Waals surface area (Å²) in [7, 11) is 3.32. The SMILES string of the molecule is CN=C(NCCCOCCOC)NCC1(c2cccc(C(F)(F)F)c2)CCC1. The quantitative estimate of drug-likeness (QED) is 0.359. The molecule has 0 atom stereocenters. The summed E-state index contributed by atoms with van der Waals surface area (Å²) in [6.07, 6.45) is -0.749. The summed E-state index contributed by atoms with van der Waals surface area (Å²) in [6.45, 7) is 3.03. The third-order valence-electron chi connectivity index (χ3n) is 5.12. The van der Waals surface area contributed by atoms with Crippen molar-refractivity contribution in [2.75, 3.05) is 47.1 Å². The third kappa shape index (κ3) is 6.38. The number of nitrogens with one attached hydrogen (secondary N) is 2. The van der Waals surface area contributed by atoms with Crippen molar-refractivity contribution < 1.29 is 22.6 Å². The van der Waals surface area contributed by atoms with Crippen LogP contribution in [-0.4, -0.2) is 53.0 Å². The van der Waals surface area contributed by atoms with E-state index in [1.54, 1.807) is 20.2 Å². The van der Waals surface area contributed by atoms with Crippen molar-refractivity contribution in [3.05, 3.63) is 35.4 Å². The summed E-state index contributed by atoms with van der Waals surface area (Å²) in [5.41, 5.74) is -0.127. The molecule has 0 bridgehead atoms. The van der Waals surface area contributed by atoms with E-state index in [4.69, 9.17) is 9.47 Å². The van der Waals surface area contributed by atoms with Crippen LogP contribution in [0.4, 0.5) is 13.2 Å². The first kappa shape index (κ1) is 22.5. The van der Waals surface area contributed by atoms with E-state index in [1.165, 1.54) is 12.1 Å². The van der Waals surface area contributed by atoms with Crippen molar-refractivity contribution in [3.8, 4) is 0 Å². The molecule has 0 aromatic heterocycles. The number of guanidine groups is 1. The van der Waals surface area contributed by atoms with Crippen molar-refractivity contribution in [1.29, 1.82) is 0 Å². The Morgan fingerprint density at radius 1 is 1.18 bits per heavy atom. The average Bonchev–Trinajstić information content (AvgIpc) is 2.64. The number of hydrogen-bond acceptors (Lipinski definition) is 3. The van der Waals surface area contributed by atoms with Gasteiger partial charge in [0.25, 0.3) is 0 Å². The molecule has 1 fully saturated rings. The van der Waals surface area contributed by atoms with E-state index in [2.05, 4.69) is 15.6 Å². The summed E-state index contributed by atoms with van der Waals surface area (Å²) < 4.78 is 49.5. The zero-order valence-corrected chi connectivity index (χ0v) is 16.6. The molecule has 1 aromatic rings. The zero-order chi connectivity index (χ0) is 20.5. The summed E-state index contributed by atoms with van der Waals surface area (Å²) in [6, 6.07) is 5.70. The predicted molar refractivity (Wildman–Crippen MR) is 104 cm³/mol. The Labute approximate surface area is 164 Å². The van der Waals surface area contributed by atoms with E-state index >= 15 is 0 Å². The highest BCUT2D eigenvalue weighted by molar-refractivity contribution is 5.79. The molecule has 1 aromatic carbocycles. The first-order valence-corrected chi connectivity index (χ1v) is 9.60. The van der Waals surface area contributed by atoms with E-state index in [9.17, 15) is 13.2 Å². The topological polar surface area (TPSA) is 54.9 Å². The zero-order valence-electron chi connectivity index (χ0n) is 16.6. The summed E-state index contributed by atoms with van der Waals surface area (Å²) in [5.74, 6) is 0.648. The molecule has 28 heavy (non-hydrogen) atoms. The van der Waals surface area contributed by atoms with Crippen molar-refractivity contribution in [3.63, 3.8) is 0 Å². The van der Waals surface area contributed by atoms with E-state index in [0.29, 0.717) is 38.9 Å². The van der Waals surface area contributed by atoms with Gasteiger partial charge in [0, 0.05) is 39.3 Å². The normalized spacial score (nSPS) is 16.5. The Bertz CT molecular complexity index is 631. The Hall–Kier alpha value is -1.80. The maximum Gasteiger partial charge on any atom is 0.416 e. The lowest BCUT2D eigenvalue weighted by molar-refractivity contribution is -0.137. The van der Waals surface area contributed by atoms with Gasteiger partial charge in [0.2, 0.25) is 0 Å². The number of ether oxygens (including phenoxy) is 2. The number of hydrogen-bond donors (Lipinski definition) is 2. The molecule has 158 valence electrons. The number of methoxy groups -OCH3 is 1. The largest absolute Gasteiger partial charge is 0.416 e. The lowest BCUT2D eigenvalue weighted by Gasteiger charge is -2.43. The van der Waals surface area contributed by atoms with Crippen molar-refractivity contribution in [1.82, 2.24) is 10.6 Å². The van der Waals surface area contributed by atoms with Crippen LogP contribution in [0.5, 0.6) is 0 Å². The minimum Gasteiger partial charge on any atom is -0.382 e. The highest BCUT2D eigenvalue weighted by Gasteiger charge is 2.40. The highest BCUT2D eigenvalue weighted by Crippen LogP contribution is 2.44. The number of nitrogens with zero attached hydrogens (tertiary/aromatic N) is 1. The van der Waals surface area contributed by atoms with Crippen molar-refractivity contribution in [2.45, 2.75) is 37.3 Å². The van der Waals surface area contributed by atoms with Gasteiger partial charge < -0.3 is 20.1 Å². The Morgan fingerprint density at radius 3 is 2.57 bits per heavy atom. The van der Waals surface area contributed by atoms with Crippen LogP contribution in [0.15, 0.2) is 29.3 Å². The first-order chi connectivity index (χ1) is 13.4. The van der Waals surface area contributed by atoms with Gasteiger partial charge in [-0.25, -0.2) is 0 Å². The van der Waals surface area contributed by atoms with Crippen LogP contribution in [0.2, 0.25) is 0 Å². The van der Waals surface area contributed by atoms with Crippen LogP contribution in [0.1, 0.15) is 36.8 Å². The highest BCUT2D eigenvalue weighted by atomic mass is 19.4. The Morgan fingerprint density at radius 2 is 1.96 bits per heavy atom. The second-order valence-corrected chi connectivity index (χ2v) is 7.02. The van der Waals surface area contributed by atoms with Gasteiger partial charge in [-0.05, 0) is 30.9 Å². The molecule has 0 amide bonds. The summed E-state index contributed by atoms with van der Waals surface area (Å²) >= 11 is 0. The molecule has 2 N–H and O–H groups in total. The van der Waals surface area contributed by atoms with Gasteiger partial charge in [-0.3, -0.25) is 4.99 Å². The molecule has 5 nitrogen and oxygen atoms in total. The number of aliphatic imine (C=N–C) groups is 1. The lowest BCUT2D eigenvalue weighted by Crippen LogP contribution is -2.49. The first-order valence-electron chi connectivity index (χ1n) is 9.60. The van der Waals surface area contributed by atoms with Gasteiger partial charge in [-0.15, -0.1) is 0 Å². The van der Waals surface area contributed by atoms with E-state index in [0.717, 1.165) is 37.3 Å². The van der Waals surface area contributed by atoms with E-state index in [-0.39, 0.29) is 5.41 Å². The van der Waals surface area contributed by atoms with Crippen LogP contribution >= 0.6 is 0 Å².